The number of nitrogen functional groups attached to an aromatic ring is 1. The van der Waals surface area contributed by atoms with Crippen molar-refractivity contribution in [2.45, 2.75) is 37.8 Å². The number of hydrogen-bond acceptors (Lipinski definition) is 7. The smallest absolute Gasteiger partial charge is 0.258 e. The lowest BCUT2D eigenvalue weighted by atomic mass is 9.99. The zero-order valence-corrected chi connectivity index (χ0v) is 20.9. The number of rotatable bonds is 7. The van der Waals surface area contributed by atoms with Crippen molar-refractivity contribution >= 4 is 34.1 Å². The number of amides is 1. The van der Waals surface area contributed by atoms with Gasteiger partial charge in [-0.25, -0.2) is 4.98 Å². The number of carbonyl (C=O) groups is 1. The number of aromatic amines is 1. The number of nitrogens with two attached hydrogens (primary N) is 1. The SMILES string of the molecule is CO[C@H]1CN(CCCc2nc3ccccc3c(=O)[nH]2)CC[C@H]1NC(=O)c1cc(Cl)c(N)c2c1OCC2. The lowest BCUT2D eigenvalue weighted by Crippen LogP contribution is -2.55. The highest BCUT2D eigenvalue weighted by Gasteiger charge is 2.32. The van der Waals surface area contributed by atoms with E-state index in [0.717, 1.165) is 31.5 Å². The van der Waals surface area contributed by atoms with E-state index in [9.17, 15) is 9.59 Å². The molecular formula is C26H30ClN5O4. The van der Waals surface area contributed by atoms with Crippen molar-refractivity contribution in [2.75, 3.05) is 39.1 Å². The molecule has 0 aliphatic carbocycles. The summed E-state index contributed by atoms with van der Waals surface area (Å²) in [5, 5.41) is 4.09. The van der Waals surface area contributed by atoms with E-state index < -0.39 is 0 Å². The first-order valence-corrected chi connectivity index (χ1v) is 12.6. The van der Waals surface area contributed by atoms with Crippen LogP contribution in [0.4, 0.5) is 5.69 Å². The molecule has 10 heteroatoms. The van der Waals surface area contributed by atoms with Gasteiger partial charge in [0.05, 0.1) is 45.9 Å². The van der Waals surface area contributed by atoms with E-state index in [1.807, 2.05) is 18.2 Å². The predicted molar refractivity (Wildman–Crippen MR) is 139 cm³/mol. The van der Waals surface area contributed by atoms with Gasteiger partial charge in [0, 0.05) is 38.6 Å². The summed E-state index contributed by atoms with van der Waals surface area (Å²) in [6.07, 6.45) is 2.77. The monoisotopic (exact) mass is 511 g/mol. The van der Waals surface area contributed by atoms with Gasteiger partial charge >= 0.3 is 0 Å². The van der Waals surface area contributed by atoms with E-state index in [-0.39, 0.29) is 23.6 Å². The van der Waals surface area contributed by atoms with Crippen LogP contribution < -0.4 is 21.3 Å². The second-order valence-electron chi connectivity index (χ2n) is 9.30. The van der Waals surface area contributed by atoms with Crippen LogP contribution in [0.5, 0.6) is 5.75 Å². The van der Waals surface area contributed by atoms with Gasteiger partial charge in [0.25, 0.3) is 11.5 Å². The minimum atomic E-state index is -0.234. The van der Waals surface area contributed by atoms with Crippen molar-refractivity contribution in [1.82, 2.24) is 20.2 Å². The number of ether oxygens (including phenoxy) is 2. The number of likely N-dealkylation sites (tertiary alicyclic amines) is 1. The molecule has 1 amide bonds. The molecule has 1 aromatic heterocycles. The number of carbonyl (C=O) groups excluding carboxylic acids is 1. The number of para-hydroxylation sites is 1. The molecule has 2 aliphatic heterocycles. The van der Waals surface area contributed by atoms with Crippen LogP contribution in [0.2, 0.25) is 5.02 Å². The van der Waals surface area contributed by atoms with Gasteiger partial charge in [-0.1, -0.05) is 23.7 Å². The summed E-state index contributed by atoms with van der Waals surface area (Å²) >= 11 is 6.27. The van der Waals surface area contributed by atoms with Gasteiger partial charge in [0.1, 0.15) is 11.6 Å². The first-order valence-electron chi connectivity index (χ1n) is 12.2. The topological polar surface area (TPSA) is 123 Å². The fraction of sp³-hybridized carbons (Fsp3) is 0.423. The molecule has 2 aromatic carbocycles. The van der Waals surface area contributed by atoms with Gasteiger partial charge in [-0.15, -0.1) is 0 Å². The highest BCUT2D eigenvalue weighted by Crippen LogP contribution is 2.38. The van der Waals surface area contributed by atoms with E-state index in [0.29, 0.717) is 64.7 Å². The van der Waals surface area contributed by atoms with Gasteiger partial charge in [-0.2, -0.15) is 0 Å². The third-order valence-electron chi connectivity index (χ3n) is 7.03. The third-order valence-corrected chi connectivity index (χ3v) is 7.34. The molecule has 2 atom stereocenters. The number of aromatic nitrogens is 2. The Bertz CT molecular complexity index is 1340. The molecule has 1 fully saturated rings. The van der Waals surface area contributed by atoms with Gasteiger partial charge in [-0.05, 0) is 37.6 Å². The molecule has 0 spiro atoms. The number of aryl methyl sites for hydroxylation is 1. The van der Waals surface area contributed by atoms with Crippen LogP contribution in [0, 0.1) is 0 Å². The maximum Gasteiger partial charge on any atom is 0.258 e. The Morgan fingerprint density at radius 3 is 3.06 bits per heavy atom. The van der Waals surface area contributed by atoms with E-state index in [4.69, 9.17) is 26.8 Å². The van der Waals surface area contributed by atoms with E-state index in [1.165, 1.54) is 0 Å². The second kappa shape index (κ2) is 10.5. The summed E-state index contributed by atoms with van der Waals surface area (Å²) in [5.74, 6) is 0.990. The molecule has 5 rings (SSSR count). The number of fused-ring (bicyclic) bond motifs is 2. The van der Waals surface area contributed by atoms with Crippen molar-refractivity contribution in [3.8, 4) is 5.75 Å². The quantitative estimate of drug-likeness (QED) is 0.416. The van der Waals surface area contributed by atoms with E-state index >= 15 is 0 Å². The standard InChI is InChI=1S/C26H30ClN5O4/c1-35-21-14-32(10-4-7-22-29-19-6-3-2-5-15(19)25(33)31-22)11-8-20(21)30-26(34)17-13-18(27)23(28)16-9-12-36-24(16)17/h2-3,5-6,13,20-21H,4,7-12,14,28H2,1H3,(H,30,34)(H,29,31,33)/t20-,21+/m1/s1. The van der Waals surface area contributed by atoms with Crippen LogP contribution in [-0.4, -0.2) is 66.3 Å². The average Bonchev–Trinajstić information content (AvgIpc) is 3.37. The Hall–Kier alpha value is -3.14. The maximum absolute atomic E-state index is 13.1. The van der Waals surface area contributed by atoms with Crippen LogP contribution in [0.25, 0.3) is 10.9 Å². The Labute approximate surface area is 213 Å². The van der Waals surface area contributed by atoms with Crippen LogP contribution in [0.1, 0.15) is 34.6 Å². The minimum Gasteiger partial charge on any atom is -0.492 e. The van der Waals surface area contributed by atoms with E-state index in [2.05, 4.69) is 20.2 Å². The number of hydrogen-bond donors (Lipinski definition) is 3. The number of nitrogens with one attached hydrogen (secondary N) is 2. The molecule has 1 saturated heterocycles. The number of benzene rings is 2. The first kappa shape index (κ1) is 24.5. The molecule has 2 aliphatic rings. The molecule has 0 unspecified atom stereocenters. The molecular weight excluding hydrogens is 482 g/mol. The summed E-state index contributed by atoms with van der Waals surface area (Å²) in [6.45, 7) is 2.84. The van der Waals surface area contributed by atoms with Gasteiger partial charge in [0.2, 0.25) is 0 Å². The van der Waals surface area contributed by atoms with Crippen molar-refractivity contribution < 1.29 is 14.3 Å². The van der Waals surface area contributed by atoms with Crippen LogP contribution >= 0.6 is 11.6 Å². The predicted octanol–water partition coefficient (Wildman–Crippen LogP) is 2.55. The molecule has 9 nitrogen and oxygen atoms in total. The largest absolute Gasteiger partial charge is 0.492 e. The third kappa shape index (κ3) is 4.91. The zero-order chi connectivity index (χ0) is 25.2. The Morgan fingerprint density at radius 2 is 2.22 bits per heavy atom. The van der Waals surface area contributed by atoms with Crippen LogP contribution in [-0.2, 0) is 17.6 Å². The van der Waals surface area contributed by atoms with Crippen molar-refractivity contribution in [3.05, 3.63) is 62.7 Å². The molecule has 3 aromatic rings. The second-order valence-corrected chi connectivity index (χ2v) is 9.71. The summed E-state index contributed by atoms with van der Waals surface area (Å²) in [7, 11) is 1.66. The number of methoxy groups -OCH3 is 1. The van der Waals surface area contributed by atoms with Crippen molar-refractivity contribution in [1.29, 1.82) is 0 Å². The average molecular weight is 512 g/mol. The normalized spacial score (nSPS) is 19.7. The molecule has 3 heterocycles. The Morgan fingerprint density at radius 1 is 1.39 bits per heavy atom. The number of halogens is 1. The summed E-state index contributed by atoms with van der Waals surface area (Å²) in [4.78, 5) is 35.2. The molecule has 0 saturated carbocycles. The Balaban J connectivity index is 1.17. The van der Waals surface area contributed by atoms with Crippen molar-refractivity contribution in [3.63, 3.8) is 0 Å². The summed E-state index contributed by atoms with van der Waals surface area (Å²) < 4.78 is 11.4. The Kier molecular flexibility index (Phi) is 7.13. The number of H-pyrrole nitrogens is 1. The van der Waals surface area contributed by atoms with E-state index in [1.54, 1.807) is 19.2 Å². The highest BCUT2D eigenvalue weighted by molar-refractivity contribution is 6.33. The fourth-order valence-corrected chi connectivity index (χ4v) is 5.32. The zero-order valence-electron chi connectivity index (χ0n) is 20.2. The molecule has 4 N–H and O–H groups in total. The maximum atomic E-state index is 13.1. The van der Waals surface area contributed by atoms with Crippen molar-refractivity contribution in [2.24, 2.45) is 0 Å². The molecule has 0 bridgehead atoms. The van der Waals surface area contributed by atoms with Crippen LogP contribution in [0.3, 0.4) is 0 Å². The molecule has 36 heavy (non-hydrogen) atoms. The highest BCUT2D eigenvalue weighted by atomic mass is 35.5. The lowest BCUT2D eigenvalue weighted by Gasteiger charge is -2.38. The first-order chi connectivity index (χ1) is 17.4. The van der Waals surface area contributed by atoms with Gasteiger partial charge < -0.3 is 30.4 Å². The summed E-state index contributed by atoms with van der Waals surface area (Å²) in [5.41, 5.74) is 8.36. The minimum absolute atomic E-state index is 0.106. The molecule has 0 radical (unpaired) electrons. The van der Waals surface area contributed by atoms with Crippen LogP contribution in [0.15, 0.2) is 35.1 Å². The van der Waals surface area contributed by atoms with Gasteiger partial charge in [-0.3, -0.25) is 9.59 Å². The van der Waals surface area contributed by atoms with Gasteiger partial charge in [0.15, 0.2) is 0 Å². The number of anilines is 1. The lowest BCUT2D eigenvalue weighted by molar-refractivity contribution is 0.00612. The molecule has 190 valence electrons. The number of piperidine rings is 1. The summed E-state index contributed by atoms with van der Waals surface area (Å²) in [6, 6.07) is 8.80. The number of nitrogens with zero attached hydrogens (tertiary/aromatic N) is 2. The fourth-order valence-electron chi connectivity index (χ4n) is 5.09.